The summed E-state index contributed by atoms with van der Waals surface area (Å²) in [4.78, 5) is 28.8. The number of carbonyl (C=O) groups excluding carboxylic acids is 1. The van der Waals surface area contributed by atoms with Gasteiger partial charge in [-0.1, -0.05) is 43.2 Å². The maximum absolute atomic E-state index is 14.9. The lowest BCUT2D eigenvalue weighted by Gasteiger charge is -2.52. The second-order valence-electron chi connectivity index (χ2n) is 9.43. The fourth-order valence-corrected chi connectivity index (χ4v) is 5.98. The number of halogens is 1. The van der Waals surface area contributed by atoms with Crippen LogP contribution >= 0.6 is 0 Å². The van der Waals surface area contributed by atoms with Crippen LogP contribution in [0.3, 0.4) is 0 Å². The Hall–Kier alpha value is -3.65. The van der Waals surface area contributed by atoms with Crippen LogP contribution in [0.1, 0.15) is 48.3 Å². The van der Waals surface area contributed by atoms with Crippen molar-refractivity contribution in [2.24, 2.45) is 5.92 Å². The molecule has 1 aliphatic heterocycles. The molecule has 1 aliphatic carbocycles. The van der Waals surface area contributed by atoms with Gasteiger partial charge in [-0.15, -0.1) is 0 Å². The Morgan fingerprint density at radius 2 is 1.80 bits per heavy atom. The first-order valence-corrected chi connectivity index (χ1v) is 12.1. The largest absolute Gasteiger partial charge is 0.385 e. The standard InChI is InChI=1S/C27H26FN5O2/c28-20-11-6-16-33-23(20)22(24-29-14-7-15-30-24)31-25(33)26(34)32-17-13-27(35,18-8-2-1-3-9-18)19-10-4-5-12-21(19)32/h1-3,6-9,11,14-16,19,21,35H,4-5,10,12-13,17H2. The van der Waals surface area contributed by atoms with Crippen molar-refractivity contribution in [2.75, 3.05) is 6.54 Å². The fraction of sp³-hybridized carbons (Fsp3) is 0.333. The van der Waals surface area contributed by atoms with Gasteiger partial charge in [0.25, 0.3) is 5.91 Å². The van der Waals surface area contributed by atoms with E-state index in [0.29, 0.717) is 13.0 Å². The first-order chi connectivity index (χ1) is 17.1. The number of benzene rings is 1. The first kappa shape index (κ1) is 21.9. The van der Waals surface area contributed by atoms with E-state index in [1.807, 2.05) is 35.2 Å². The summed E-state index contributed by atoms with van der Waals surface area (Å²) in [5.74, 6) is -0.427. The minimum absolute atomic E-state index is 0.0729. The van der Waals surface area contributed by atoms with Crippen LogP contribution in [-0.2, 0) is 5.60 Å². The van der Waals surface area contributed by atoms with Gasteiger partial charge in [0.05, 0.1) is 5.60 Å². The molecule has 6 rings (SSSR count). The minimum atomic E-state index is -0.979. The van der Waals surface area contributed by atoms with Crippen LogP contribution in [0.5, 0.6) is 0 Å². The van der Waals surface area contributed by atoms with E-state index in [4.69, 9.17) is 0 Å². The third-order valence-electron chi connectivity index (χ3n) is 7.60. The molecule has 3 aromatic heterocycles. The van der Waals surface area contributed by atoms with Crippen LogP contribution in [0.25, 0.3) is 17.0 Å². The van der Waals surface area contributed by atoms with E-state index in [1.165, 1.54) is 10.5 Å². The van der Waals surface area contributed by atoms with Crippen molar-refractivity contribution in [1.82, 2.24) is 24.3 Å². The second kappa shape index (κ2) is 8.53. The molecule has 1 amide bonds. The SMILES string of the molecule is O=C(c1nc(-c2ncccn2)c2c(F)cccn12)N1CCC(O)(c2ccccc2)C2CCCCC21. The number of fused-ring (bicyclic) bond motifs is 2. The lowest BCUT2D eigenvalue weighted by molar-refractivity contribution is -0.110. The fourth-order valence-electron chi connectivity index (χ4n) is 5.98. The van der Waals surface area contributed by atoms with Crippen LogP contribution in [0.4, 0.5) is 4.39 Å². The number of carbonyl (C=O) groups is 1. The Morgan fingerprint density at radius 1 is 1.03 bits per heavy atom. The Balaban J connectivity index is 1.41. The summed E-state index contributed by atoms with van der Waals surface area (Å²) < 4.78 is 16.4. The van der Waals surface area contributed by atoms with Crippen molar-refractivity contribution in [2.45, 2.75) is 43.7 Å². The number of hydrogen-bond donors (Lipinski definition) is 1. The summed E-state index contributed by atoms with van der Waals surface area (Å²) in [6.45, 7) is 0.396. The number of nitrogens with zero attached hydrogens (tertiary/aromatic N) is 5. The number of aromatic nitrogens is 4. The van der Waals surface area contributed by atoms with Gasteiger partial charge >= 0.3 is 0 Å². The van der Waals surface area contributed by atoms with Crippen molar-refractivity contribution in [1.29, 1.82) is 0 Å². The number of hydrogen-bond acceptors (Lipinski definition) is 5. The molecule has 1 N–H and O–H groups in total. The van der Waals surface area contributed by atoms with Gasteiger partial charge in [-0.25, -0.2) is 19.3 Å². The molecular formula is C27H26FN5O2. The average molecular weight is 472 g/mol. The molecule has 0 radical (unpaired) electrons. The van der Waals surface area contributed by atoms with E-state index in [-0.39, 0.29) is 40.7 Å². The van der Waals surface area contributed by atoms with Gasteiger partial charge in [0.15, 0.2) is 5.82 Å². The molecule has 2 fully saturated rings. The highest BCUT2D eigenvalue weighted by Crippen LogP contribution is 2.47. The molecule has 1 aromatic carbocycles. The molecule has 3 atom stereocenters. The third-order valence-corrected chi connectivity index (χ3v) is 7.60. The number of aliphatic hydroxyl groups is 1. The van der Waals surface area contributed by atoms with Crippen LogP contribution in [0.15, 0.2) is 67.1 Å². The van der Waals surface area contributed by atoms with Crippen LogP contribution in [0, 0.1) is 11.7 Å². The molecule has 35 heavy (non-hydrogen) atoms. The highest BCUT2D eigenvalue weighted by molar-refractivity contribution is 5.94. The van der Waals surface area contributed by atoms with E-state index in [9.17, 15) is 14.3 Å². The molecule has 1 saturated carbocycles. The molecule has 4 aromatic rings. The Morgan fingerprint density at radius 3 is 2.60 bits per heavy atom. The predicted molar refractivity (Wildman–Crippen MR) is 128 cm³/mol. The van der Waals surface area contributed by atoms with Gasteiger partial charge in [0.1, 0.15) is 17.0 Å². The number of amides is 1. The number of piperidine rings is 1. The third kappa shape index (κ3) is 3.51. The molecule has 2 aliphatic rings. The molecule has 8 heteroatoms. The summed E-state index contributed by atoms with van der Waals surface area (Å²) in [5, 5.41) is 11.8. The maximum Gasteiger partial charge on any atom is 0.290 e. The van der Waals surface area contributed by atoms with E-state index in [0.717, 1.165) is 31.2 Å². The topological polar surface area (TPSA) is 83.6 Å². The molecule has 4 heterocycles. The lowest BCUT2D eigenvalue weighted by Crippen LogP contribution is -2.59. The van der Waals surface area contributed by atoms with E-state index >= 15 is 0 Å². The van der Waals surface area contributed by atoms with Crippen LogP contribution < -0.4 is 0 Å². The number of likely N-dealkylation sites (tertiary alicyclic amines) is 1. The minimum Gasteiger partial charge on any atom is -0.385 e. The molecule has 1 saturated heterocycles. The van der Waals surface area contributed by atoms with Crippen LogP contribution in [-0.4, -0.2) is 47.9 Å². The highest BCUT2D eigenvalue weighted by Gasteiger charge is 2.50. The van der Waals surface area contributed by atoms with Gasteiger partial charge < -0.3 is 10.0 Å². The van der Waals surface area contributed by atoms with Gasteiger partial charge in [-0.2, -0.15) is 0 Å². The van der Waals surface area contributed by atoms with E-state index in [2.05, 4.69) is 15.0 Å². The Labute approximate surface area is 202 Å². The summed E-state index contributed by atoms with van der Waals surface area (Å²) in [6.07, 6.45) is 8.90. The molecule has 178 valence electrons. The highest BCUT2D eigenvalue weighted by atomic mass is 19.1. The quantitative estimate of drug-likeness (QED) is 0.484. The zero-order valence-electron chi connectivity index (χ0n) is 19.2. The number of imidazole rings is 1. The average Bonchev–Trinajstić information content (AvgIpc) is 3.31. The normalized spacial score (nSPS) is 24.3. The number of pyridine rings is 1. The first-order valence-electron chi connectivity index (χ1n) is 12.1. The van der Waals surface area contributed by atoms with Crippen molar-refractivity contribution < 1.29 is 14.3 Å². The van der Waals surface area contributed by atoms with Gasteiger partial charge in [-0.3, -0.25) is 9.20 Å². The van der Waals surface area contributed by atoms with Crippen molar-refractivity contribution in [3.8, 4) is 11.5 Å². The van der Waals surface area contributed by atoms with Gasteiger partial charge in [-0.05, 0) is 43.0 Å². The lowest BCUT2D eigenvalue weighted by atomic mass is 9.66. The summed E-state index contributed by atoms with van der Waals surface area (Å²) in [7, 11) is 0. The van der Waals surface area contributed by atoms with Gasteiger partial charge in [0.2, 0.25) is 5.82 Å². The molecule has 0 bridgehead atoms. The Kier molecular flexibility index (Phi) is 5.33. The van der Waals surface area contributed by atoms with Gasteiger partial charge in [0, 0.05) is 37.1 Å². The smallest absolute Gasteiger partial charge is 0.290 e. The van der Waals surface area contributed by atoms with E-state index < -0.39 is 11.4 Å². The molecule has 3 unspecified atom stereocenters. The monoisotopic (exact) mass is 471 g/mol. The second-order valence-corrected chi connectivity index (χ2v) is 9.43. The summed E-state index contributed by atoms with van der Waals surface area (Å²) in [6, 6.07) is 14.2. The summed E-state index contributed by atoms with van der Waals surface area (Å²) >= 11 is 0. The maximum atomic E-state index is 14.9. The van der Waals surface area contributed by atoms with Crippen molar-refractivity contribution in [3.05, 3.63) is 84.3 Å². The van der Waals surface area contributed by atoms with E-state index in [1.54, 1.807) is 30.7 Å². The number of rotatable bonds is 3. The van der Waals surface area contributed by atoms with Crippen LogP contribution in [0.2, 0.25) is 0 Å². The molecule has 7 nitrogen and oxygen atoms in total. The van der Waals surface area contributed by atoms with Crippen molar-refractivity contribution in [3.63, 3.8) is 0 Å². The molecule has 0 spiro atoms. The summed E-state index contributed by atoms with van der Waals surface area (Å²) in [5.41, 5.74) is 0.346. The van der Waals surface area contributed by atoms with Crippen molar-refractivity contribution >= 4 is 11.4 Å². The zero-order chi connectivity index (χ0) is 24.0. The Bertz CT molecular complexity index is 1380. The predicted octanol–water partition coefficient (Wildman–Crippen LogP) is 4.22. The molecular weight excluding hydrogens is 445 g/mol. The zero-order valence-corrected chi connectivity index (χ0v) is 19.2.